The summed E-state index contributed by atoms with van der Waals surface area (Å²) in [5.74, 6) is 1.74. The summed E-state index contributed by atoms with van der Waals surface area (Å²) in [4.78, 5) is 17.8. The molecule has 4 rings (SSSR count). The predicted octanol–water partition coefficient (Wildman–Crippen LogP) is 2.98. The fourth-order valence-corrected chi connectivity index (χ4v) is 5.20. The van der Waals surface area contributed by atoms with Crippen LogP contribution in [0, 0.1) is 0 Å². The van der Waals surface area contributed by atoms with Gasteiger partial charge in [-0.3, -0.25) is 4.79 Å². The summed E-state index contributed by atoms with van der Waals surface area (Å²) in [7, 11) is -3.41. The van der Waals surface area contributed by atoms with Crippen LogP contribution in [0.1, 0.15) is 10.4 Å². The summed E-state index contributed by atoms with van der Waals surface area (Å²) in [6.07, 6.45) is 3.13. The van der Waals surface area contributed by atoms with E-state index < -0.39 is 15.7 Å². The van der Waals surface area contributed by atoms with Crippen LogP contribution in [0.4, 0.5) is 0 Å². The Labute approximate surface area is 182 Å². The average molecular weight is 465 g/mol. The van der Waals surface area contributed by atoms with Crippen molar-refractivity contribution in [1.29, 1.82) is 0 Å². The number of aryl methyl sites for hydroxylation is 1. The molecule has 0 atom stereocenters. The van der Waals surface area contributed by atoms with Crippen LogP contribution in [0.3, 0.4) is 0 Å². The van der Waals surface area contributed by atoms with Crippen molar-refractivity contribution in [3.63, 3.8) is 0 Å². The molecule has 2 aromatic carbocycles. The van der Waals surface area contributed by atoms with Gasteiger partial charge in [-0.25, -0.2) is 8.42 Å². The summed E-state index contributed by atoms with van der Waals surface area (Å²) in [6.45, 7) is 1.68. The number of benzene rings is 2. The summed E-state index contributed by atoms with van der Waals surface area (Å²) >= 11 is 3.09. The van der Waals surface area contributed by atoms with E-state index in [0.717, 1.165) is 22.2 Å². The molecule has 7 nitrogen and oxygen atoms in total. The molecule has 0 spiro atoms. The van der Waals surface area contributed by atoms with E-state index >= 15 is 0 Å². The lowest BCUT2D eigenvalue weighted by Crippen LogP contribution is -2.19. The maximum absolute atomic E-state index is 12.8. The van der Waals surface area contributed by atoms with Crippen molar-refractivity contribution in [2.45, 2.75) is 11.4 Å². The third kappa shape index (κ3) is 4.26. The van der Waals surface area contributed by atoms with Crippen molar-refractivity contribution in [2.75, 3.05) is 31.5 Å². The van der Waals surface area contributed by atoms with Crippen LogP contribution in [0.25, 0.3) is 10.2 Å². The lowest BCUT2D eigenvalue weighted by atomic mass is 10.2. The number of sulfone groups is 1. The van der Waals surface area contributed by atoms with Gasteiger partial charge in [0, 0.05) is 36.2 Å². The molecule has 3 aromatic rings. The Morgan fingerprint density at radius 2 is 1.93 bits per heavy atom. The van der Waals surface area contributed by atoms with E-state index in [2.05, 4.69) is 4.99 Å². The molecular weight excluding hydrogens is 444 g/mol. The number of amides is 1. The van der Waals surface area contributed by atoms with Crippen LogP contribution in [-0.2, 0) is 16.4 Å². The quantitative estimate of drug-likeness (QED) is 0.577. The minimum absolute atomic E-state index is 0.0946. The second-order valence-electron chi connectivity index (χ2n) is 6.71. The number of hydrogen-bond acceptors (Lipinski definition) is 7. The zero-order valence-electron chi connectivity index (χ0n) is 16.5. The summed E-state index contributed by atoms with van der Waals surface area (Å²) in [5.41, 5.74) is 1.16. The van der Waals surface area contributed by atoms with Crippen molar-refractivity contribution in [3.8, 4) is 11.5 Å². The number of ether oxygens (including phenoxy) is 2. The predicted molar refractivity (Wildman–Crippen MR) is 119 cm³/mol. The zero-order valence-corrected chi connectivity index (χ0v) is 18.9. The largest absolute Gasteiger partial charge is 0.486 e. The van der Waals surface area contributed by atoms with Gasteiger partial charge in [0.1, 0.15) is 13.2 Å². The highest BCUT2D eigenvalue weighted by molar-refractivity contribution is 7.98. The fraction of sp³-hybridized carbons (Fsp3) is 0.300. The van der Waals surface area contributed by atoms with Gasteiger partial charge in [0.2, 0.25) is 0 Å². The van der Waals surface area contributed by atoms with Gasteiger partial charge in [-0.1, -0.05) is 17.4 Å². The van der Waals surface area contributed by atoms with Gasteiger partial charge in [-0.05, 0) is 24.5 Å². The number of thiazole rings is 1. The number of aromatic nitrogens is 1. The van der Waals surface area contributed by atoms with Gasteiger partial charge < -0.3 is 14.0 Å². The molecule has 0 radical (unpaired) electrons. The van der Waals surface area contributed by atoms with E-state index in [1.807, 2.05) is 23.0 Å². The van der Waals surface area contributed by atoms with Crippen molar-refractivity contribution < 1.29 is 22.7 Å². The maximum Gasteiger partial charge on any atom is 0.279 e. The lowest BCUT2D eigenvalue weighted by molar-refractivity contribution is 0.0997. The molecule has 1 aromatic heterocycles. The number of carbonyl (C=O) groups excluding carboxylic acids is 1. The van der Waals surface area contributed by atoms with Crippen molar-refractivity contribution in [3.05, 3.63) is 46.8 Å². The molecule has 1 amide bonds. The molecule has 0 fully saturated rings. The Morgan fingerprint density at radius 1 is 1.20 bits per heavy atom. The van der Waals surface area contributed by atoms with Crippen LogP contribution < -0.4 is 14.3 Å². The van der Waals surface area contributed by atoms with E-state index in [1.54, 1.807) is 23.9 Å². The first-order valence-corrected chi connectivity index (χ1v) is 13.3. The first-order chi connectivity index (χ1) is 14.4. The molecule has 0 saturated heterocycles. The maximum atomic E-state index is 12.8. The standard InChI is InChI=1S/C20H20N2O5S3/c1-28-9-6-22-15-11-16-17(27-8-7-26-16)12-18(15)29-20(22)21-19(23)13-4-3-5-14(10-13)30(2,24)25/h3-5,10-12H,6-9H2,1-2H3. The first-order valence-electron chi connectivity index (χ1n) is 9.18. The van der Waals surface area contributed by atoms with Crippen molar-refractivity contribution in [2.24, 2.45) is 4.99 Å². The van der Waals surface area contributed by atoms with Crippen LogP contribution >= 0.6 is 23.1 Å². The molecule has 0 unspecified atom stereocenters. The number of fused-ring (bicyclic) bond motifs is 2. The van der Waals surface area contributed by atoms with Crippen LogP contribution in [-0.4, -0.2) is 50.4 Å². The monoisotopic (exact) mass is 464 g/mol. The zero-order chi connectivity index (χ0) is 21.3. The molecule has 30 heavy (non-hydrogen) atoms. The van der Waals surface area contributed by atoms with Gasteiger partial charge in [-0.2, -0.15) is 16.8 Å². The molecule has 1 aliphatic heterocycles. The molecule has 1 aliphatic rings. The molecule has 0 bridgehead atoms. The van der Waals surface area contributed by atoms with Gasteiger partial charge in [0.05, 0.1) is 15.1 Å². The molecule has 10 heteroatoms. The van der Waals surface area contributed by atoms with Crippen LogP contribution in [0.5, 0.6) is 11.5 Å². The topological polar surface area (TPSA) is 87.0 Å². The number of rotatable bonds is 5. The SMILES string of the molecule is CSCCn1c(=NC(=O)c2cccc(S(C)(=O)=O)c2)sc2cc3c(cc21)OCCO3. The van der Waals surface area contributed by atoms with E-state index in [1.165, 1.54) is 23.5 Å². The van der Waals surface area contributed by atoms with E-state index in [0.29, 0.717) is 36.1 Å². The highest BCUT2D eigenvalue weighted by Gasteiger charge is 2.17. The molecule has 2 heterocycles. The Kier molecular flexibility index (Phi) is 5.90. The minimum atomic E-state index is -3.41. The van der Waals surface area contributed by atoms with Gasteiger partial charge in [-0.15, -0.1) is 0 Å². The van der Waals surface area contributed by atoms with Gasteiger partial charge >= 0.3 is 0 Å². The highest BCUT2D eigenvalue weighted by atomic mass is 32.2. The second-order valence-corrected chi connectivity index (χ2v) is 10.7. The van der Waals surface area contributed by atoms with Crippen LogP contribution in [0.2, 0.25) is 0 Å². The summed E-state index contributed by atoms with van der Waals surface area (Å²) in [6, 6.07) is 9.79. The Morgan fingerprint density at radius 3 is 2.63 bits per heavy atom. The fourth-order valence-electron chi connectivity index (χ4n) is 3.10. The first kappa shape index (κ1) is 21.0. The molecule has 0 saturated carbocycles. The van der Waals surface area contributed by atoms with Crippen LogP contribution in [0.15, 0.2) is 46.3 Å². The molecule has 0 N–H and O–H groups in total. The molecule has 158 valence electrons. The van der Waals surface area contributed by atoms with Crippen molar-refractivity contribution >= 4 is 49.1 Å². The van der Waals surface area contributed by atoms with E-state index in [-0.39, 0.29) is 10.5 Å². The Bertz CT molecular complexity index is 1290. The van der Waals surface area contributed by atoms with Gasteiger partial charge in [0.15, 0.2) is 26.1 Å². The van der Waals surface area contributed by atoms with E-state index in [4.69, 9.17) is 9.47 Å². The minimum Gasteiger partial charge on any atom is -0.486 e. The smallest absolute Gasteiger partial charge is 0.279 e. The van der Waals surface area contributed by atoms with Gasteiger partial charge in [0.25, 0.3) is 5.91 Å². The summed E-state index contributed by atoms with van der Waals surface area (Å²) in [5, 5.41) is 0. The van der Waals surface area contributed by atoms with Crippen molar-refractivity contribution in [1.82, 2.24) is 4.57 Å². The second kappa shape index (κ2) is 8.44. The lowest BCUT2D eigenvalue weighted by Gasteiger charge is -2.18. The Hall–Kier alpha value is -2.30. The average Bonchev–Trinajstić information content (AvgIpc) is 3.05. The molecular formula is C20H20N2O5S3. The normalized spacial score (nSPS) is 14.3. The third-order valence-electron chi connectivity index (χ3n) is 4.57. The Balaban J connectivity index is 1.82. The number of hydrogen-bond donors (Lipinski definition) is 0. The third-order valence-corrected chi connectivity index (χ3v) is 7.31. The number of carbonyl (C=O) groups is 1. The summed E-state index contributed by atoms with van der Waals surface area (Å²) < 4.78 is 37.9. The highest BCUT2D eigenvalue weighted by Crippen LogP contribution is 2.35. The number of thioether (sulfide) groups is 1. The number of nitrogens with zero attached hydrogens (tertiary/aromatic N) is 2. The van der Waals surface area contributed by atoms with E-state index in [9.17, 15) is 13.2 Å². The molecule has 0 aliphatic carbocycles.